The van der Waals surface area contributed by atoms with Crippen molar-refractivity contribution in [3.8, 4) is 0 Å². The van der Waals surface area contributed by atoms with Crippen molar-refractivity contribution >= 4 is 0 Å². The third-order valence-corrected chi connectivity index (χ3v) is 2.52. The van der Waals surface area contributed by atoms with Gasteiger partial charge in [-0.05, 0) is 19.9 Å². The summed E-state index contributed by atoms with van der Waals surface area (Å²) in [5, 5.41) is 3.27. The van der Waals surface area contributed by atoms with Gasteiger partial charge in [0.05, 0.1) is 25.9 Å². The molecule has 0 aliphatic carbocycles. The molecule has 0 aromatic carbocycles. The third kappa shape index (κ3) is 3.92. The van der Waals surface area contributed by atoms with Crippen molar-refractivity contribution < 1.29 is 14.2 Å². The smallest absolute Gasteiger partial charge is 0.0961 e. The molecule has 0 bridgehead atoms. The van der Waals surface area contributed by atoms with Gasteiger partial charge in [-0.1, -0.05) is 0 Å². The first-order valence-electron chi connectivity index (χ1n) is 5.24. The lowest BCUT2D eigenvalue weighted by molar-refractivity contribution is -0.102. The molecule has 14 heavy (non-hydrogen) atoms. The molecule has 0 saturated carbocycles. The molecule has 1 fully saturated rings. The first-order chi connectivity index (χ1) is 6.88. The molecule has 0 radical (unpaired) electrons. The molecule has 1 rings (SSSR count). The van der Waals surface area contributed by atoms with Crippen LogP contribution in [0.2, 0.25) is 0 Å². The summed E-state index contributed by atoms with van der Waals surface area (Å²) in [7, 11) is 3.70. The lowest BCUT2D eigenvalue weighted by Gasteiger charge is -2.30. The van der Waals surface area contributed by atoms with Crippen molar-refractivity contribution in [1.82, 2.24) is 5.32 Å². The van der Waals surface area contributed by atoms with Gasteiger partial charge in [0.25, 0.3) is 0 Å². The summed E-state index contributed by atoms with van der Waals surface area (Å²) in [6, 6.07) is 0.380. The Morgan fingerprint density at radius 1 is 1.50 bits per heavy atom. The largest absolute Gasteiger partial charge is 0.385 e. The molecular formula is C10H21NO3. The van der Waals surface area contributed by atoms with Gasteiger partial charge in [0.1, 0.15) is 0 Å². The van der Waals surface area contributed by atoms with Crippen LogP contribution in [0, 0.1) is 0 Å². The highest BCUT2D eigenvalue weighted by Crippen LogP contribution is 2.10. The number of hydrogen-bond donors (Lipinski definition) is 1. The van der Waals surface area contributed by atoms with Crippen LogP contribution in [0.1, 0.15) is 12.8 Å². The summed E-state index contributed by atoms with van der Waals surface area (Å²) >= 11 is 0. The van der Waals surface area contributed by atoms with Gasteiger partial charge in [-0.15, -0.1) is 0 Å². The quantitative estimate of drug-likeness (QED) is 0.635. The summed E-state index contributed by atoms with van der Waals surface area (Å²) in [4.78, 5) is 0. The van der Waals surface area contributed by atoms with E-state index in [4.69, 9.17) is 14.2 Å². The Labute approximate surface area is 85.9 Å². The molecule has 4 heteroatoms. The Hall–Kier alpha value is -0.160. The molecular weight excluding hydrogens is 182 g/mol. The van der Waals surface area contributed by atoms with Crippen LogP contribution in [-0.4, -0.2) is 52.7 Å². The fraction of sp³-hybridized carbons (Fsp3) is 1.00. The van der Waals surface area contributed by atoms with Crippen molar-refractivity contribution in [2.24, 2.45) is 0 Å². The number of nitrogens with one attached hydrogen (secondary N) is 1. The van der Waals surface area contributed by atoms with Gasteiger partial charge < -0.3 is 19.5 Å². The lowest BCUT2D eigenvalue weighted by atomic mass is 10.1. The van der Waals surface area contributed by atoms with Crippen LogP contribution < -0.4 is 5.32 Å². The summed E-state index contributed by atoms with van der Waals surface area (Å²) in [5.74, 6) is 0. The van der Waals surface area contributed by atoms with Crippen LogP contribution in [0.4, 0.5) is 0 Å². The van der Waals surface area contributed by atoms with Crippen LogP contribution in [-0.2, 0) is 14.2 Å². The number of ether oxygens (including phenoxy) is 3. The molecule has 0 aromatic rings. The van der Waals surface area contributed by atoms with Crippen molar-refractivity contribution in [2.75, 3.05) is 40.6 Å². The van der Waals surface area contributed by atoms with Crippen molar-refractivity contribution in [1.29, 1.82) is 0 Å². The molecule has 1 N–H and O–H groups in total. The number of hydrogen-bond acceptors (Lipinski definition) is 4. The van der Waals surface area contributed by atoms with Gasteiger partial charge in [0.15, 0.2) is 0 Å². The van der Waals surface area contributed by atoms with Gasteiger partial charge in [-0.25, -0.2) is 0 Å². The summed E-state index contributed by atoms with van der Waals surface area (Å²) in [6.45, 7) is 2.96. The maximum Gasteiger partial charge on any atom is 0.0961 e. The average molecular weight is 203 g/mol. The van der Waals surface area contributed by atoms with E-state index in [1.807, 2.05) is 7.05 Å². The maximum absolute atomic E-state index is 5.63. The molecule has 1 saturated heterocycles. The van der Waals surface area contributed by atoms with Crippen molar-refractivity contribution in [2.45, 2.75) is 25.0 Å². The minimum Gasteiger partial charge on any atom is -0.385 e. The Balaban J connectivity index is 2.21. The summed E-state index contributed by atoms with van der Waals surface area (Å²) in [5.41, 5.74) is 0. The molecule has 0 amide bonds. The maximum atomic E-state index is 5.63. The monoisotopic (exact) mass is 203 g/mol. The molecule has 2 atom stereocenters. The number of likely N-dealkylation sites (N-methyl/N-ethyl adjacent to an activating group) is 1. The van der Waals surface area contributed by atoms with E-state index in [-0.39, 0.29) is 6.10 Å². The zero-order chi connectivity index (χ0) is 10.2. The standard InChI is InChI=1S/C10H21NO3/c1-11-9(4-3-5-12-2)10-8-13-6-7-14-10/h9-11H,3-8H2,1-2H3. The second kappa shape index (κ2) is 7.17. The van der Waals surface area contributed by atoms with Crippen LogP contribution in [0.3, 0.4) is 0 Å². The zero-order valence-electron chi connectivity index (χ0n) is 9.12. The first kappa shape index (κ1) is 11.9. The summed E-state index contributed by atoms with van der Waals surface area (Å²) < 4.78 is 16.0. The topological polar surface area (TPSA) is 39.7 Å². The molecule has 84 valence electrons. The Kier molecular flexibility index (Phi) is 6.10. The SMILES string of the molecule is CNC(CCCOC)C1COCCO1. The highest BCUT2D eigenvalue weighted by molar-refractivity contribution is 4.77. The second-order valence-electron chi connectivity index (χ2n) is 3.51. The second-order valence-corrected chi connectivity index (χ2v) is 3.51. The Morgan fingerprint density at radius 3 is 2.93 bits per heavy atom. The van der Waals surface area contributed by atoms with E-state index >= 15 is 0 Å². The molecule has 4 nitrogen and oxygen atoms in total. The van der Waals surface area contributed by atoms with Gasteiger partial charge in [-0.2, -0.15) is 0 Å². The summed E-state index contributed by atoms with van der Waals surface area (Å²) in [6.07, 6.45) is 2.32. The van der Waals surface area contributed by atoms with Crippen LogP contribution >= 0.6 is 0 Å². The van der Waals surface area contributed by atoms with Gasteiger partial charge in [0.2, 0.25) is 0 Å². The van der Waals surface area contributed by atoms with E-state index < -0.39 is 0 Å². The molecule has 1 heterocycles. The minimum absolute atomic E-state index is 0.200. The van der Waals surface area contributed by atoms with Gasteiger partial charge >= 0.3 is 0 Å². The normalized spacial score (nSPS) is 24.9. The fourth-order valence-electron chi connectivity index (χ4n) is 1.70. The van der Waals surface area contributed by atoms with E-state index in [1.165, 1.54) is 0 Å². The minimum atomic E-state index is 0.200. The highest BCUT2D eigenvalue weighted by atomic mass is 16.6. The Bertz CT molecular complexity index is 137. The average Bonchev–Trinajstić information content (AvgIpc) is 2.26. The van der Waals surface area contributed by atoms with Gasteiger partial charge in [0, 0.05) is 19.8 Å². The van der Waals surface area contributed by atoms with Crippen LogP contribution in [0.5, 0.6) is 0 Å². The molecule has 0 spiro atoms. The lowest BCUT2D eigenvalue weighted by Crippen LogP contribution is -2.45. The molecule has 2 unspecified atom stereocenters. The predicted molar refractivity (Wildman–Crippen MR) is 54.5 cm³/mol. The highest BCUT2D eigenvalue weighted by Gasteiger charge is 2.23. The third-order valence-electron chi connectivity index (χ3n) is 2.52. The van der Waals surface area contributed by atoms with E-state index in [0.717, 1.165) is 26.1 Å². The van der Waals surface area contributed by atoms with Gasteiger partial charge in [-0.3, -0.25) is 0 Å². The number of methoxy groups -OCH3 is 1. The molecule has 0 aromatic heterocycles. The molecule has 1 aliphatic heterocycles. The Morgan fingerprint density at radius 2 is 2.36 bits per heavy atom. The molecule has 1 aliphatic rings. The van der Waals surface area contributed by atoms with E-state index in [1.54, 1.807) is 7.11 Å². The van der Waals surface area contributed by atoms with Crippen molar-refractivity contribution in [3.05, 3.63) is 0 Å². The first-order valence-corrected chi connectivity index (χ1v) is 5.24. The number of rotatable bonds is 6. The van der Waals surface area contributed by atoms with Crippen molar-refractivity contribution in [3.63, 3.8) is 0 Å². The van der Waals surface area contributed by atoms with Crippen LogP contribution in [0.25, 0.3) is 0 Å². The predicted octanol–water partition coefficient (Wildman–Crippen LogP) is 0.416. The zero-order valence-corrected chi connectivity index (χ0v) is 9.12. The van der Waals surface area contributed by atoms with E-state index in [9.17, 15) is 0 Å². The fourth-order valence-corrected chi connectivity index (χ4v) is 1.70. The van der Waals surface area contributed by atoms with Crippen LogP contribution in [0.15, 0.2) is 0 Å². The van der Waals surface area contributed by atoms with E-state index in [2.05, 4.69) is 5.32 Å². The van der Waals surface area contributed by atoms with E-state index in [0.29, 0.717) is 19.3 Å².